The molecule has 100 valence electrons. The molecular formula is C11H14N6OS. The van der Waals surface area contributed by atoms with E-state index in [9.17, 15) is 4.79 Å². The van der Waals surface area contributed by atoms with Crippen molar-refractivity contribution in [3.8, 4) is 0 Å². The van der Waals surface area contributed by atoms with Gasteiger partial charge in [0, 0.05) is 31.7 Å². The van der Waals surface area contributed by atoms with Crippen molar-refractivity contribution in [2.45, 2.75) is 10.1 Å². The zero-order chi connectivity index (χ0) is 14.0. The minimum absolute atomic E-state index is 0.0855. The maximum Gasteiger partial charge on any atom is 0.254 e. The first-order valence-electron chi connectivity index (χ1n) is 5.50. The van der Waals surface area contributed by atoms with Crippen molar-refractivity contribution in [2.75, 3.05) is 19.8 Å². The fourth-order valence-corrected chi connectivity index (χ4v) is 2.35. The van der Waals surface area contributed by atoms with Crippen LogP contribution in [-0.2, 0) is 7.05 Å². The van der Waals surface area contributed by atoms with Gasteiger partial charge in [0.2, 0.25) is 5.16 Å². The van der Waals surface area contributed by atoms with E-state index in [4.69, 9.17) is 5.73 Å². The van der Waals surface area contributed by atoms with Gasteiger partial charge in [0.25, 0.3) is 5.91 Å². The summed E-state index contributed by atoms with van der Waals surface area (Å²) in [5.41, 5.74) is 6.94. The minimum atomic E-state index is -0.0855. The Morgan fingerprint density at radius 2 is 2.16 bits per heavy atom. The number of carbonyl (C=O) groups excluding carboxylic acids is 1. The van der Waals surface area contributed by atoms with Gasteiger partial charge in [0.05, 0.1) is 5.56 Å². The third-order valence-corrected chi connectivity index (χ3v) is 3.51. The Morgan fingerprint density at radius 3 is 2.74 bits per heavy atom. The third-order valence-electron chi connectivity index (χ3n) is 2.42. The number of anilines is 1. The average Bonchev–Trinajstić information content (AvgIpc) is 2.74. The van der Waals surface area contributed by atoms with E-state index in [1.807, 2.05) is 0 Å². The SMILES string of the molecule is CN(C)C(=O)c1ccc(N)cc1Sc1nnnn1C. The number of nitrogens with two attached hydrogens (primary N) is 1. The zero-order valence-electron chi connectivity index (χ0n) is 10.9. The quantitative estimate of drug-likeness (QED) is 0.829. The molecule has 0 aliphatic rings. The number of nitrogens with zero attached hydrogens (tertiary/aromatic N) is 5. The van der Waals surface area contributed by atoms with Crippen LogP contribution < -0.4 is 5.73 Å². The van der Waals surface area contributed by atoms with Gasteiger partial charge < -0.3 is 10.6 Å². The second-order valence-electron chi connectivity index (χ2n) is 4.14. The summed E-state index contributed by atoms with van der Waals surface area (Å²) < 4.78 is 1.54. The van der Waals surface area contributed by atoms with E-state index in [1.165, 1.54) is 21.3 Å². The Morgan fingerprint density at radius 1 is 1.42 bits per heavy atom. The summed E-state index contributed by atoms with van der Waals surface area (Å²) in [5, 5.41) is 11.8. The number of hydrogen-bond donors (Lipinski definition) is 1. The van der Waals surface area contributed by atoms with Crippen LogP contribution in [0.4, 0.5) is 5.69 Å². The summed E-state index contributed by atoms with van der Waals surface area (Å²) in [4.78, 5) is 14.4. The van der Waals surface area contributed by atoms with Gasteiger partial charge in [-0.05, 0) is 40.4 Å². The second-order valence-corrected chi connectivity index (χ2v) is 5.15. The highest BCUT2D eigenvalue weighted by Gasteiger charge is 2.16. The third kappa shape index (κ3) is 2.84. The number of aromatic nitrogens is 4. The molecule has 2 N–H and O–H groups in total. The zero-order valence-corrected chi connectivity index (χ0v) is 11.7. The fourth-order valence-electron chi connectivity index (χ4n) is 1.45. The van der Waals surface area contributed by atoms with Gasteiger partial charge in [-0.25, -0.2) is 4.68 Å². The van der Waals surface area contributed by atoms with Gasteiger partial charge in [0.15, 0.2) is 0 Å². The number of carbonyl (C=O) groups is 1. The number of amides is 1. The Bertz CT molecular complexity index is 609. The van der Waals surface area contributed by atoms with Gasteiger partial charge in [-0.3, -0.25) is 4.79 Å². The summed E-state index contributed by atoms with van der Waals surface area (Å²) in [6, 6.07) is 5.16. The molecule has 2 aromatic rings. The van der Waals surface area contributed by atoms with Crippen LogP contribution in [-0.4, -0.2) is 45.1 Å². The predicted octanol–water partition coefficient (Wildman–Crippen LogP) is 0.645. The largest absolute Gasteiger partial charge is 0.399 e. The summed E-state index contributed by atoms with van der Waals surface area (Å²) in [5.74, 6) is -0.0855. The molecule has 0 spiro atoms. The highest BCUT2D eigenvalue weighted by atomic mass is 32.2. The number of benzene rings is 1. The van der Waals surface area contributed by atoms with E-state index in [0.29, 0.717) is 16.4 Å². The van der Waals surface area contributed by atoms with Gasteiger partial charge in [-0.1, -0.05) is 0 Å². The van der Waals surface area contributed by atoms with Crippen LogP contribution in [0.1, 0.15) is 10.4 Å². The van der Waals surface area contributed by atoms with Crippen molar-refractivity contribution in [3.63, 3.8) is 0 Å². The molecule has 0 radical (unpaired) electrons. The lowest BCUT2D eigenvalue weighted by molar-refractivity contribution is 0.0824. The number of rotatable bonds is 3. The Labute approximate surface area is 114 Å². The molecule has 1 amide bonds. The molecule has 1 aromatic heterocycles. The van der Waals surface area contributed by atoms with Gasteiger partial charge in [0.1, 0.15) is 0 Å². The molecule has 0 aliphatic heterocycles. The van der Waals surface area contributed by atoms with Crippen LogP contribution in [0, 0.1) is 0 Å². The molecule has 0 saturated heterocycles. The molecule has 1 heterocycles. The lowest BCUT2D eigenvalue weighted by Gasteiger charge is -2.13. The molecule has 1 aromatic carbocycles. The Kier molecular flexibility index (Phi) is 3.70. The lowest BCUT2D eigenvalue weighted by atomic mass is 10.2. The van der Waals surface area contributed by atoms with Crippen LogP contribution in [0.15, 0.2) is 28.3 Å². The van der Waals surface area contributed by atoms with Crippen molar-refractivity contribution in [2.24, 2.45) is 7.05 Å². The molecule has 0 unspecified atom stereocenters. The first-order valence-corrected chi connectivity index (χ1v) is 6.32. The maximum absolute atomic E-state index is 12.1. The standard InChI is InChI=1S/C11H14N6OS/c1-16(2)10(18)8-5-4-7(12)6-9(8)19-11-13-14-15-17(11)3/h4-6H,12H2,1-3H3. The molecule has 19 heavy (non-hydrogen) atoms. The second kappa shape index (κ2) is 5.27. The van der Waals surface area contributed by atoms with Crippen LogP contribution in [0.2, 0.25) is 0 Å². The molecule has 2 rings (SSSR count). The molecule has 8 heteroatoms. The van der Waals surface area contributed by atoms with Gasteiger partial charge in [-0.15, -0.1) is 5.10 Å². The van der Waals surface area contributed by atoms with Crippen LogP contribution in [0.5, 0.6) is 0 Å². The van der Waals surface area contributed by atoms with E-state index in [1.54, 1.807) is 39.3 Å². The summed E-state index contributed by atoms with van der Waals surface area (Å²) in [6.07, 6.45) is 0. The molecule has 0 saturated carbocycles. The lowest BCUT2D eigenvalue weighted by Crippen LogP contribution is -2.22. The summed E-state index contributed by atoms with van der Waals surface area (Å²) in [6.45, 7) is 0. The van der Waals surface area contributed by atoms with E-state index < -0.39 is 0 Å². The van der Waals surface area contributed by atoms with Crippen molar-refractivity contribution in [1.82, 2.24) is 25.1 Å². The van der Waals surface area contributed by atoms with Crippen molar-refractivity contribution < 1.29 is 4.79 Å². The molecule has 0 atom stereocenters. The smallest absolute Gasteiger partial charge is 0.254 e. The molecular weight excluding hydrogens is 264 g/mol. The maximum atomic E-state index is 12.1. The van der Waals surface area contributed by atoms with Crippen molar-refractivity contribution in [3.05, 3.63) is 23.8 Å². The van der Waals surface area contributed by atoms with Crippen LogP contribution >= 0.6 is 11.8 Å². The Balaban J connectivity index is 2.41. The molecule has 7 nitrogen and oxygen atoms in total. The normalized spacial score (nSPS) is 10.5. The molecule has 0 fully saturated rings. The first-order chi connectivity index (χ1) is 8.99. The van der Waals surface area contributed by atoms with E-state index in [-0.39, 0.29) is 5.91 Å². The van der Waals surface area contributed by atoms with Crippen LogP contribution in [0.3, 0.4) is 0 Å². The first kappa shape index (κ1) is 13.3. The number of tetrazole rings is 1. The monoisotopic (exact) mass is 278 g/mol. The minimum Gasteiger partial charge on any atom is -0.399 e. The van der Waals surface area contributed by atoms with Gasteiger partial charge in [-0.2, -0.15) is 0 Å². The number of hydrogen-bond acceptors (Lipinski definition) is 6. The van der Waals surface area contributed by atoms with E-state index in [2.05, 4.69) is 15.5 Å². The Hall–Kier alpha value is -2.09. The highest BCUT2D eigenvalue weighted by Crippen LogP contribution is 2.30. The average molecular weight is 278 g/mol. The van der Waals surface area contributed by atoms with Crippen molar-refractivity contribution in [1.29, 1.82) is 0 Å². The van der Waals surface area contributed by atoms with Crippen LogP contribution in [0.25, 0.3) is 0 Å². The number of aryl methyl sites for hydroxylation is 1. The molecule has 0 aliphatic carbocycles. The number of nitrogen functional groups attached to an aromatic ring is 1. The highest BCUT2D eigenvalue weighted by molar-refractivity contribution is 7.99. The van der Waals surface area contributed by atoms with E-state index in [0.717, 1.165) is 4.90 Å². The summed E-state index contributed by atoms with van der Waals surface area (Å²) >= 11 is 1.31. The van der Waals surface area contributed by atoms with Crippen molar-refractivity contribution >= 4 is 23.4 Å². The van der Waals surface area contributed by atoms with Gasteiger partial charge >= 0.3 is 0 Å². The predicted molar refractivity (Wildman–Crippen MR) is 71.8 cm³/mol. The molecule has 0 bridgehead atoms. The topological polar surface area (TPSA) is 89.9 Å². The fraction of sp³-hybridized carbons (Fsp3) is 0.273. The van der Waals surface area contributed by atoms with E-state index >= 15 is 0 Å². The summed E-state index contributed by atoms with van der Waals surface area (Å²) in [7, 11) is 5.15.